The van der Waals surface area contributed by atoms with E-state index in [4.69, 9.17) is 0 Å². The maximum atomic E-state index is 16.8. The zero-order chi connectivity index (χ0) is 39.6. The summed E-state index contributed by atoms with van der Waals surface area (Å²) in [4.78, 5) is 0. The first-order valence-electron chi connectivity index (χ1n) is 20.6. The van der Waals surface area contributed by atoms with E-state index in [2.05, 4.69) is 184 Å². The summed E-state index contributed by atoms with van der Waals surface area (Å²) in [6.07, 6.45) is 0. The van der Waals surface area contributed by atoms with E-state index in [1.54, 1.807) is 0 Å². The van der Waals surface area contributed by atoms with Gasteiger partial charge in [-0.05, 0) is 123 Å². The number of para-hydroxylation sites is 5. The van der Waals surface area contributed by atoms with Crippen LogP contribution in [-0.4, -0.2) is 4.57 Å². The van der Waals surface area contributed by atoms with Crippen LogP contribution in [0.15, 0.2) is 218 Å². The molecule has 0 unspecified atom stereocenters. The van der Waals surface area contributed by atoms with E-state index < -0.39 is 12.9 Å². The normalized spacial score (nSPS) is 14.9. The highest BCUT2D eigenvalue weighted by Gasteiger charge is 2.52. The van der Waals surface area contributed by atoms with E-state index in [9.17, 15) is 0 Å². The SMILES string of the molecule is O=P1(c2ccc3c(c2)c2cc4c(cc2n3-c2ccccc2)C2(c3ccccc3-c3ccccc32)c2ccccc2-4)N(c2ccccc2)c2ccccc2N1c1ccccc1. The molecule has 0 atom stereocenters. The zero-order valence-electron chi connectivity index (χ0n) is 32.5. The molecular formula is C55H36N3OP. The molecule has 282 valence electrons. The molecule has 0 saturated carbocycles. The van der Waals surface area contributed by atoms with Crippen molar-refractivity contribution in [3.8, 4) is 27.9 Å². The molecule has 5 heteroatoms. The largest absolute Gasteiger partial charge is 0.309 e. The lowest BCUT2D eigenvalue weighted by atomic mass is 9.70. The maximum Gasteiger partial charge on any atom is 0.301 e. The van der Waals surface area contributed by atoms with E-state index in [0.717, 1.165) is 55.5 Å². The Morgan fingerprint density at radius 2 is 0.783 bits per heavy atom. The minimum atomic E-state index is -3.62. The quantitative estimate of drug-likeness (QED) is 0.166. The number of aromatic nitrogens is 1. The number of hydrogen-bond donors (Lipinski definition) is 0. The Kier molecular flexibility index (Phi) is 6.89. The van der Waals surface area contributed by atoms with Crippen molar-refractivity contribution in [2.45, 2.75) is 5.41 Å². The number of anilines is 4. The molecule has 0 fully saturated rings. The molecule has 3 aliphatic rings. The predicted molar refractivity (Wildman–Crippen MR) is 248 cm³/mol. The zero-order valence-corrected chi connectivity index (χ0v) is 33.4. The lowest BCUT2D eigenvalue weighted by Crippen LogP contribution is -2.26. The van der Waals surface area contributed by atoms with Gasteiger partial charge in [-0.1, -0.05) is 140 Å². The second-order valence-corrected chi connectivity index (χ2v) is 18.4. The van der Waals surface area contributed by atoms with Crippen LogP contribution in [0.25, 0.3) is 49.7 Å². The summed E-state index contributed by atoms with van der Waals surface area (Å²) in [6.45, 7) is 0. The van der Waals surface area contributed by atoms with Gasteiger partial charge >= 0.3 is 7.44 Å². The van der Waals surface area contributed by atoms with Crippen LogP contribution in [0.1, 0.15) is 22.3 Å². The smallest absolute Gasteiger partial charge is 0.301 e. The molecule has 1 aromatic heterocycles. The molecule has 0 amide bonds. The molecule has 0 bridgehead atoms. The van der Waals surface area contributed by atoms with Crippen molar-refractivity contribution in [3.05, 3.63) is 241 Å². The molecule has 60 heavy (non-hydrogen) atoms. The Morgan fingerprint density at radius 1 is 0.350 bits per heavy atom. The molecule has 1 aliphatic heterocycles. The molecule has 4 nitrogen and oxygen atoms in total. The Balaban J connectivity index is 1.13. The number of hydrogen-bond acceptors (Lipinski definition) is 1. The molecule has 0 N–H and O–H groups in total. The maximum absolute atomic E-state index is 16.8. The van der Waals surface area contributed by atoms with Crippen molar-refractivity contribution < 1.29 is 4.57 Å². The van der Waals surface area contributed by atoms with Crippen LogP contribution < -0.4 is 14.6 Å². The molecular weight excluding hydrogens is 750 g/mol. The molecule has 13 rings (SSSR count). The monoisotopic (exact) mass is 785 g/mol. The van der Waals surface area contributed by atoms with Crippen molar-refractivity contribution in [3.63, 3.8) is 0 Å². The van der Waals surface area contributed by atoms with Crippen molar-refractivity contribution in [2.24, 2.45) is 0 Å². The second-order valence-electron chi connectivity index (χ2n) is 16.0. The van der Waals surface area contributed by atoms with Gasteiger partial charge in [0.25, 0.3) is 0 Å². The minimum absolute atomic E-state index is 0.469. The molecule has 1 spiro atoms. The highest BCUT2D eigenvalue weighted by atomic mass is 31.2. The van der Waals surface area contributed by atoms with Crippen molar-refractivity contribution in [2.75, 3.05) is 9.34 Å². The molecule has 10 aromatic rings. The van der Waals surface area contributed by atoms with Crippen LogP contribution in [0.3, 0.4) is 0 Å². The first kappa shape index (κ1) is 33.6. The third-order valence-electron chi connectivity index (χ3n) is 13.1. The Labute approximate surface area is 348 Å². The third kappa shape index (κ3) is 4.23. The highest BCUT2D eigenvalue weighted by Crippen LogP contribution is 2.70. The van der Waals surface area contributed by atoms with Gasteiger partial charge in [0.05, 0.1) is 33.1 Å². The van der Waals surface area contributed by atoms with E-state index in [1.165, 1.54) is 44.5 Å². The van der Waals surface area contributed by atoms with Gasteiger partial charge in [-0.25, -0.2) is 0 Å². The van der Waals surface area contributed by atoms with E-state index in [1.807, 2.05) is 48.5 Å². The van der Waals surface area contributed by atoms with Gasteiger partial charge in [-0.15, -0.1) is 0 Å². The van der Waals surface area contributed by atoms with E-state index in [-0.39, 0.29) is 0 Å². The molecule has 0 saturated heterocycles. The van der Waals surface area contributed by atoms with E-state index >= 15 is 4.57 Å². The van der Waals surface area contributed by atoms with Crippen molar-refractivity contribution in [1.29, 1.82) is 0 Å². The topological polar surface area (TPSA) is 28.5 Å². The Hall–Kier alpha value is -7.39. The number of benzene rings is 9. The fourth-order valence-corrected chi connectivity index (χ4v) is 13.8. The van der Waals surface area contributed by atoms with Gasteiger partial charge in [0.15, 0.2) is 0 Å². The van der Waals surface area contributed by atoms with E-state index in [0.29, 0.717) is 0 Å². The standard InChI is InChI=1S/C55H36N3OP/c59-60(57(38-20-6-2-7-21-38)52-30-16-17-31-53(52)58(60)39-22-8-3-9-23-39)40-32-33-51-45(34-40)46-35-44-43-26-12-15-29-49(43)55(50(44)36-54(46)56(51)37-18-4-1-5-19-37)47-27-13-10-24-41(47)42-25-11-14-28-48(42)55/h1-36H. The summed E-state index contributed by atoms with van der Waals surface area (Å²) in [6, 6.07) is 77.6. The molecule has 2 aliphatic carbocycles. The van der Waals surface area contributed by atoms with Crippen LogP contribution >= 0.6 is 7.44 Å². The summed E-state index contributed by atoms with van der Waals surface area (Å²) in [5.74, 6) is 0. The summed E-state index contributed by atoms with van der Waals surface area (Å²) >= 11 is 0. The van der Waals surface area contributed by atoms with Gasteiger partial charge in [0.2, 0.25) is 0 Å². The van der Waals surface area contributed by atoms with Crippen LogP contribution in [-0.2, 0) is 9.98 Å². The highest BCUT2D eigenvalue weighted by molar-refractivity contribution is 7.76. The first-order chi connectivity index (χ1) is 29.7. The van der Waals surface area contributed by atoms with Gasteiger partial charge in [0, 0.05) is 27.8 Å². The fraction of sp³-hybridized carbons (Fsp3) is 0.0182. The van der Waals surface area contributed by atoms with Crippen LogP contribution in [0.2, 0.25) is 0 Å². The molecule has 9 aromatic carbocycles. The second kappa shape index (κ2) is 12.3. The number of rotatable bonds is 4. The minimum Gasteiger partial charge on any atom is -0.309 e. The molecule has 0 radical (unpaired) electrons. The Morgan fingerprint density at radius 3 is 1.32 bits per heavy atom. The summed E-state index contributed by atoms with van der Waals surface area (Å²) in [7, 11) is -3.62. The van der Waals surface area contributed by atoms with Crippen molar-refractivity contribution in [1.82, 2.24) is 4.57 Å². The lowest BCUT2D eigenvalue weighted by Gasteiger charge is -2.33. The van der Waals surface area contributed by atoms with Gasteiger partial charge in [-0.2, -0.15) is 0 Å². The summed E-state index contributed by atoms with van der Waals surface area (Å²) in [5, 5.41) is 2.95. The average Bonchev–Trinajstić information content (AvgIpc) is 3.99. The number of fused-ring (bicyclic) bond motifs is 14. The lowest BCUT2D eigenvalue weighted by molar-refractivity contribution is 0.582. The first-order valence-corrected chi connectivity index (χ1v) is 22.2. The van der Waals surface area contributed by atoms with Gasteiger partial charge < -0.3 is 4.57 Å². The third-order valence-corrected chi connectivity index (χ3v) is 16.0. The van der Waals surface area contributed by atoms with Crippen LogP contribution in [0, 0.1) is 0 Å². The van der Waals surface area contributed by atoms with Crippen LogP contribution in [0.5, 0.6) is 0 Å². The van der Waals surface area contributed by atoms with Gasteiger partial charge in [0.1, 0.15) is 0 Å². The van der Waals surface area contributed by atoms with Gasteiger partial charge in [-0.3, -0.25) is 13.9 Å². The summed E-state index contributed by atoms with van der Waals surface area (Å²) in [5.41, 5.74) is 16.7. The Bertz CT molecular complexity index is 3310. The van der Waals surface area contributed by atoms with Crippen LogP contribution in [0.4, 0.5) is 22.7 Å². The van der Waals surface area contributed by atoms with Crippen molar-refractivity contribution >= 4 is 57.3 Å². The average molecular weight is 786 g/mol. The molecule has 2 heterocycles. The predicted octanol–water partition coefficient (Wildman–Crippen LogP) is 13.9. The number of nitrogens with zero attached hydrogens (tertiary/aromatic N) is 3. The summed E-state index contributed by atoms with van der Waals surface area (Å²) < 4.78 is 23.4. The fourth-order valence-electron chi connectivity index (χ4n) is 10.8.